The van der Waals surface area contributed by atoms with Gasteiger partial charge in [0, 0.05) is 10.6 Å². The zero-order valence-corrected chi connectivity index (χ0v) is 9.48. The Hall–Kier alpha value is -2.07. The van der Waals surface area contributed by atoms with Crippen molar-refractivity contribution in [3.05, 3.63) is 41.4 Å². The molecule has 0 bridgehead atoms. The number of nitrogen functional groups attached to an aromatic ring is 1. The van der Waals surface area contributed by atoms with Crippen molar-refractivity contribution >= 4 is 28.6 Å². The Morgan fingerprint density at radius 1 is 1.00 bits per heavy atom. The standard InChI is InChI=1S/C12H8ClN3O/c13-8-3-1-7(2-4-8)11-15-9-5-6-10(14)16-12(9)17-11/h1-6H,(H2,14,16). The maximum atomic E-state index is 5.82. The number of aromatic nitrogens is 2. The first-order valence-corrected chi connectivity index (χ1v) is 5.39. The van der Waals surface area contributed by atoms with Gasteiger partial charge in [-0.1, -0.05) is 11.6 Å². The lowest BCUT2D eigenvalue weighted by Crippen LogP contribution is -1.87. The van der Waals surface area contributed by atoms with Crippen LogP contribution in [0.15, 0.2) is 40.8 Å². The second kappa shape index (κ2) is 3.75. The first-order valence-electron chi connectivity index (χ1n) is 5.01. The van der Waals surface area contributed by atoms with Gasteiger partial charge in [0.25, 0.3) is 0 Å². The highest BCUT2D eigenvalue weighted by Gasteiger charge is 2.09. The zero-order valence-electron chi connectivity index (χ0n) is 8.72. The number of halogens is 1. The molecule has 84 valence electrons. The monoisotopic (exact) mass is 245 g/mol. The fourth-order valence-corrected chi connectivity index (χ4v) is 1.67. The number of benzene rings is 1. The van der Waals surface area contributed by atoms with E-state index in [1.165, 1.54) is 0 Å². The summed E-state index contributed by atoms with van der Waals surface area (Å²) in [6.07, 6.45) is 0. The summed E-state index contributed by atoms with van der Waals surface area (Å²) in [7, 11) is 0. The second-order valence-corrected chi connectivity index (χ2v) is 4.02. The minimum absolute atomic E-state index is 0.413. The van der Waals surface area contributed by atoms with Crippen LogP contribution in [-0.4, -0.2) is 9.97 Å². The van der Waals surface area contributed by atoms with Crippen molar-refractivity contribution in [2.75, 3.05) is 5.73 Å². The number of rotatable bonds is 1. The summed E-state index contributed by atoms with van der Waals surface area (Å²) in [6.45, 7) is 0. The third kappa shape index (κ3) is 1.83. The molecule has 3 rings (SSSR count). The van der Waals surface area contributed by atoms with Crippen molar-refractivity contribution in [3.8, 4) is 11.5 Å². The normalized spacial score (nSPS) is 10.9. The lowest BCUT2D eigenvalue weighted by molar-refractivity contribution is 0.608. The lowest BCUT2D eigenvalue weighted by atomic mass is 10.2. The van der Waals surface area contributed by atoms with Gasteiger partial charge in [0.2, 0.25) is 11.6 Å². The van der Waals surface area contributed by atoms with E-state index in [9.17, 15) is 0 Å². The molecule has 0 spiro atoms. The summed E-state index contributed by atoms with van der Waals surface area (Å²) in [5.41, 5.74) is 7.55. The highest BCUT2D eigenvalue weighted by Crippen LogP contribution is 2.24. The molecule has 3 aromatic rings. The van der Waals surface area contributed by atoms with Crippen LogP contribution in [-0.2, 0) is 0 Å². The van der Waals surface area contributed by atoms with Crippen LogP contribution < -0.4 is 5.73 Å². The Morgan fingerprint density at radius 3 is 2.53 bits per heavy atom. The Morgan fingerprint density at radius 2 is 1.76 bits per heavy atom. The molecule has 0 fully saturated rings. The van der Waals surface area contributed by atoms with E-state index in [0.717, 1.165) is 5.56 Å². The molecule has 0 aliphatic carbocycles. The van der Waals surface area contributed by atoms with Crippen LogP contribution in [0.1, 0.15) is 0 Å². The first-order chi connectivity index (χ1) is 8.22. The maximum absolute atomic E-state index is 5.82. The largest absolute Gasteiger partial charge is 0.418 e. The summed E-state index contributed by atoms with van der Waals surface area (Å²) in [5, 5.41) is 0.673. The van der Waals surface area contributed by atoms with E-state index in [-0.39, 0.29) is 0 Å². The fraction of sp³-hybridized carbons (Fsp3) is 0. The average molecular weight is 246 g/mol. The molecule has 1 aromatic carbocycles. The minimum atomic E-state index is 0.413. The van der Waals surface area contributed by atoms with Gasteiger partial charge in [-0.15, -0.1) is 0 Å². The Bertz CT molecular complexity index is 676. The molecule has 5 heteroatoms. The Labute approximate surface area is 102 Å². The topological polar surface area (TPSA) is 64.9 Å². The number of hydrogen-bond acceptors (Lipinski definition) is 4. The Balaban J connectivity index is 2.14. The van der Waals surface area contributed by atoms with E-state index in [4.69, 9.17) is 21.8 Å². The third-order valence-electron chi connectivity index (χ3n) is 2.37. The van der Waals surface area contributed by atoms with Gasteiger partial charge in [-0.25, -0.2) is 4.98 Å². The molecule has 0 atom stereocenters. The lowest BCUT2D eigenvalue weighted by Gasteiger charge is -1.93. The summed E-state index contributed by atoms with van der Waals surface area (Å²) in [4.78, 5) is 8.39. The van der Waals surface area contributed by atoms with Crippen molar-refractivity contribution in [2.24, 2.45) is 0 Å². The average Bonchev–Trinajstić information content (AvgIpc) is 2.72. The number of hydrogen-bond donors (Lipinski definition) is 1. The molecule has 0 aliphatic heterocycles. The first kappa shape index (κ1) is 10.1. The molecular formula is C12H8ClN3O. The van der Waals surface area contributed by atoms with Crippen LogP contribution in [0.5, 0.6) is 0 Å². The van der Waals surface area contributed by atoms with Gasteiger partial charge < -0.3 is 10.2 Å². The highest BCUT2D eigenvalue weighted by molar-refractivity contribution is 6.30. The molecule has 17 heavy (non-hydrogen) atoms. The van der Waals surface area contributed by atoms with Gasteiger partial charge in [-0.2, -0.15) is 4.98 Å². The van der Waals surface area contributed by atoms with E-state index < -0.39 is 0 Å². The van der Waals surface area contributed by atoms with Crippen molar-refractivity contribution in [1.82, 2.24) is 9.97 Å². The van der Waals surface area contributed by atoms with Crippen LogP contribution in [0.3, 0.4) is 0 Å². The molecule has 0 aliphatic rings. The molecule has 0 saturated carbocycles. The predicted octanol–water partition coefficient (Wildman–Crippen LogP) is 3.13. The fourth-order valence-electron chi connectivity index (χ4n) is 1.55. The van der Waals surface area contributed by atoms with Crippen molar-refractivity contribution in [2.45, 2.75) is 0 Å². The summed E-state index contributed by atoms with van der Waals surface area (Å²) in [5.74, 6) is 0.922. The van der Waals surface area contributed by atoms with Crippen LogP contribution >= 0.6 is 11.6 Å². The van der Waals surface area contributed by atoms with Crippen LogP contribution in [0.2, 0.25) is 5.02 Å². The molecule has 0 radical (unpaired) electrons. The van der Waals surface area contributed by atoms with Crippen molar-refractivity contribution < 1.29 is 4.42 Å². The summed E-state index contributed by atoms with van der Waals surface area (Å²) >= 11 is 5.82. The smallest absolute Gasteiger partial charge is 0.249 e. The van der Waals surface area contributed by atoms with E-state index >= 15 is 0 Å². The van der Waals surface area contributed by atoms with Gasteiger partial charge in [-0.3, -0.25) is 0 Å². The predicted molar refractivity (Wildman–Crippen MR) is 66.7 cm³/mol. The highest BCUT2D eigenvalue weighted by atomic mass is 35.5. The number of nitrogens with zero attached hydrogens (tertiary/aromatic N) is 2. The van der Waals surface area contributed by atoms with Crippen molar-refractivity contribution in [3.63, 3.8) is 0 Å². The Kier molecular flexibility index (Phi) is 2.23. The van der Waals surface area contributed by atoms with Gasteiger partial charge in [0.1, 0.15) is 11.3 Å². The summed E-state index contributed by atoms with van der Waals surface area (Å²) < 4.78 is 5.53. The van der Waals surface area contributed by atoms with Gasteiger partial charge >= 0.3 is 0 Å². The molecule has 2 heterocycles. The second-order valence-electron chi connectivity index (χ2n) is 3.59. The minimum Gasteiger partial charge on any atom is -0.418 e. The van der Waals surface area contributed by atoms with E-state index in [1.807, 2.05) is 12.1 Å². The SMILES string of the molecule is Nc1ccc2nc(-c3ccc(Cl)cc3)oc2n1. The number of oxazole rings is 1. The van der Waals surface area contributed by atoms with Crippen LogP contribution in [0.25, 0.3) is 22.7 Å². The zero-order chi connectivity index (χ0) is 11.8. The van der Waals surface area contributed by atoms with Crippen LogP contribution in [0.4, 0.5) is 5.82 Å². The number of pyridine rings is 1. The van der Waals surface area contributed by atoms with Gasteiger partial charge in [0.05, 0.1) is 0 Å². The number of nitrogens with two attached hydrogens (primary N) is 1. The maximum Gasteiger partial charge on any atom is 0.249 e. The van der Waals surface area contributed by atoms with Gasteiger partial charge in [-0.05, 0) is 36.4 Å². The quantitative estimate of drug-likeness (QED) is 0.715. The third-order valence-corrected chi connectivity index (χ3v) is 2.62. The molecule has 0 unspecified atom stereocenters. The molecule has 4 nitrogen and oxygen atoms in total. The molecule has 0 amide bonds. The van der Waals surface area contributed by atoms with E-state index in [1.54, 1.807) is 24.3 Å². The van der Waals surface area contributed by atoms with Crippen molar-refractivity contribution in [1.29, 1.82) is 0 Å². The number of fused-ring (bicyclic) bond motifs is 1. The molecule has 0 saturated heterocycles. The summed E-state index contributed by atoms with van der Waals surface area (Å²) in [6, 6.07) is 10.7. The molecule has 2 N–H and O–H groups in total. The van der Waals surface area contributed by atoms with Gasteiger partial charge in [0.15, 0.2) is 0 Å². The molecule has 2 aromatic heterocycles. The molecular weight excluding hydrogens is 238 g/mol. The van der Waals surface area contributed by atoms with E-state index in [2.05, 4.69) is 9.97 Å². The van der Waals surface area contributed by atoms with Crippen LogP contribution in [0, 0.1) is 0 Å². The van der Waals surface area contributed by atoms with E-state index in [0.29, 0.717) is 28.0 Å². The number of anilines is 1.